The molecule has 0 spiro atoms. The third kappa shape index (κ3) is 6.35. The van der Waals surface area contributed by atoms with E-state index in [-0.39, 0.29) is 36.7 Å². The molecule has 0 heterocycles. The van der Waals surface area contributed by atoms with Gasteiger partial charge in [-0.2, -0.15) is 8.78 Å². The molecule has 1 rings (SSSR count). The quantitative estimate of drug-likeness (QED) is 0.845. The molecule has 108 valence electrons. The zero-order valence-electron chi connectivity index (χ0n) is 10.7. The van der Waals surface area contributed by atoms with Gasteiger partial charge in [0.25, 0.3) is 0 Å². The Morgan fingerprint density at radius 3 is 2.37 bits per heavy atom. The summed E-state index contributed by atoms with van der Waals surface area (Å²) >= 11 is 0. The van der Waals surface area contributed by atoms with Crippen LogP contribution in [0.3, 0.4) is 0 Å². The van der Waals surface area contributed by atoms with Crippen molar-refractivity contribution in [2.45, 2.75) is 19.6 Å². The smallest absolute Gasteiger partial charge is 0.387 e. The van der Waals surface area contributed by atoms with Crippen LogP contribution in [0.4, 0.5) is 8.78 Å². The molecule has 0 aliphatic carbocycles. The number of rotatable bonds is 6. The highest BCUT2D eigenvalue weighted by Crippen LogP contribution is 2.18. The van der Waals surface area contributed by atoms with E-state index in [0.29, 0.717) is 0 Å². The summed E-state index contributed by atoms with van der Waals surface area (Å²) in [6, 6.07) is 5.99. The van der Waals surface area contributed by atoms with Crippen LogP contribution in [0.15, 0.2) is 24.3 Å². The molecule has 0 bridgehead atoms. The Morgan fingerprint density at radius 2 is 1.89 bits per heavy atom. The molecule has 0 aromatic heterocycles. The first-order valence-corrected chi connectivity index (χ1v) is 5.51. The van der Waals surface area contributed by atoms with Gasteiger partial charge in [-0.05, 0) is 31.7 Å². The van der Waals surface area contributed by atoms with Gasteiger partial charge in [0.1, 0.15) is 5.75 Å². The summed E-state index contributed by atoms with van der Waals surface area (Å²) in [5.41, 5.74) is 0.820. The maximum atomic E-state index is 12.0. The van der Waals surface area contributed by atoms with Crippen LogP contribution in [0, 0.1) is 0 Å². The average Bonchev–Trinajstić information content (AvgIpc) is 2.29. The fraction of sp³-hybridized carbons (Fsp3) is 0.417. The summed E-state index contributed by atoms with van der Waals surface area (Å²) in [5.74, 6) is -0.0274. The van der Waals surface area contributed by atoms with Crippen LogP contribution in [0.2, 0.25) is 0 Å². The van der Waals surface area contributed by atoms with Gasteiger partial charge < -0.3 is 15.4 Å². The minimum atomic E-state index is -2.83. The topological polar surface area (TPSA) is 50.4 Å². The zero-order valence-corrected chi connectivity index (χ0v) is 11.5. The van der Waals surface area contributed by atoms with Crippen molar-refractivity contribution >= 4 is 18.3 Å². The molecule has 1 atom stereocenters. The molecule has 2 N–H and O–H groups in total. The number of amides is 1. The summed E-state index contributed by atoms with van der Waals surface area (Å²) in [6.45, 7) is -0.781. The van der Waals surface area contributed by atoms with Gasteiger partial charge >= 0.3 is 6.61 Å². The highest BCUT2D eigenvalue weighted by atomic mass is 35.5. The fourth-order valence-electron chi connectivity index (χ4n) is 1.47. The van der Waals surface area contributed by atoms with E-state index in [4.69, 9.17) is 0 Å². The van der Waals surface area contributed by atoms with Crippen molar-refractivity contribution in [1.29, 1.82) is 0 Å². The zero-order chi connectivity index (χ0) is 13.5. The van der Waals surface area contributed by atoms with Gasteiger partial charge in [-0.1, -0.05) is 12.1 Å². The highest BCUT2D eigenvalue weighted by molar-refractivity contribution is 5.85. The summed E-state index contributed by atoms with van der Waals surface area (Å²) < 4.78 is 28.1. The Hall–Kier alpha value is -1.40. The molecule has 0 aliphatic heterocycles. The first-order valence-electron chi connectivity index (χ1n) is 5.51. The number of alkyl halides is 2. The first-order chi connectivity index (χ1) is 8.52. The summed E-state index contributed by atoms with van der Waals surface area (Å²) in [7, 11) is 1.68. The molecule has 1 amide bonds. The molecule has 1 aromatic rings. The monoisotopic (exact) mass is 294 g/mol. The lowest BCUT2D eigenvalue weighted by molar-refractivity contribution is -0.120. The predicted molar refractivity (Wildman–Crippen MR) is 70.8 cm³/mol. The summed E-state index contributed by atoms with van der Waals surface area (Å²) in [6.07, 6.45) is 0. The van der Waals surface area contributed by atoms with Gasteiger partial charge in [0.05, 0.1) is 12.6 Å². The van der Waals surface area contributed by atoms with Crippen molar-refractivity contribution < 1.29 is 18.3 Å². The molecular weight excluding hydrogens is 278 g/mol. The molecule has 7 heteroatoms. The van der Waals surface area contributed by atoms with Crippen LogP contribution < -0.4 is 15.4 Å². The molecule has 4 nitrogen and oxygen atoms in total. The van der Waals surface area contributed by atoms with Gasteiger partial charge in [0.15, 0.2) is 0 Å². The van der Waals surface area contributed by atoms with Gasteiger partial charge in [-0.3, -0.25) is 4.79 Å². The van der Waals surface area contributed by atoms with Gasteiger partial charge in [-0.15, -0.1) is 12.4 Å². The molecule has 19 heavy (non-hydrogen) atoms. The summed E-state index contributed by atoms with van der Waals surface area (Å²) in [4.78, 5) is 11.3. The largest absolute Gasteiger partial charge is 0.435 e. The number of hydrogen-bond acceptors (Lipinski definition) is 3. The number of ether oxygens (including phenoxy) is 1. The standard InChI is InChI=1S/C12H16F2N2O2.ClH/c1-8(16-11(17)7-15-2)9-3-5-10(6-4-9)18-12(13)14;/h3-6,8,12,15H,7H2,1-2H3,(H,16,17);1H. The predicted octanol–water partition coefficient (Wildman–Crippen LogP) is 2.11. The van der Waals surface area contributed by atoms with Gasteiger partial charge in [0.2, 0.25) is 5.91 Å². The second kappa shape index (κ2) is 8.66. The van der Waals surface area contributed by atoms with E-state index < -0.39 is 6.61 Å². The van der Waals surface area contributed by atoms with Crippen molar-refractivity contribution in [3.8, 4) is 5.75 Å². The maximum absolute atomic E-state index is 12.0. The van der Waals surface area contributed by atoms with Crippen LogP contribution in [0.25, 0.3) is 0 Å². The lowest BCUT2D eigenvalue weighted by atomic mass is 10.1. The second-order valence-corrected chi connectivity index (χ2v) is 3.77. The van der Waals surface area contributed by atoms with E-state index in [1.165, 1.54) is 12.1 Å². The van der Waals surface area contributed by atoms with E-state index >= 15 is 0 Å². The molecule has 0 saturated heterocycles. The second-order valence-electron chi connectivity index (χ2n) is 3.77. The highest BCUT2D eigenvalue weighted by Gasteiger charge is 2.09. The molecule has 0 radical (unpaired) electrons. The maximum Gasteiger partial charge on any atom is 0.387 e. The van der Waals surface area contributed by atoms with E-state index in [0.717, 1.165) is 5.56 Å². The molecule has 0 aliphatic rings. The fourth-order valence-corrected chi connectivity index (χ4v) is 1.47. The SMILES string of the molecule is CNCC(=O)NC(C)c1ccc(OC(F)F)cc1.Cl. The number of carbonyl (C=O) groups excluding carboxylic acids is 1. The third-order valence-corrected chi connectivity index (χ3v) is 2.32. The van der Waals surface area contributed by atoms with Crippen LogP contribution >= 0.6 is 12.4 Å². The first kappa shape index (κ1) is 17.6. The van der Waals surface area contributed by atoms with Crippen LogP contribution in [0.5, 0.6) is 5.75 Å². The average molecular weight is 295 g/mol. The van der Waals surface area contributed by atoms with Gasteiger partial charge in [-0.25, -0.2) is 0 Å². The van der Waals surface area contributed by atoms with Crippen molar-refractivity contribution in [3.63, 3.8) is 0 Å². The van der Waals surface area contributed by atoms with Crippen LogP contribution in [-0.4, -0.2) is 26.1 Å². The van der Waals surface area contributed by atoms with Crippen molar-refractivity contribution in [2.75, 3.05) is 13.6 Å². The Bertz CT molecular complexity index is 388. The Labute approximate surface area is 116 Å². The lowest BCUT2D eigenvalue weighted by Gasteiger charge is -2.14. The van der Waals surface area contributed by atoms with Crippen LogP contribution in [0.1, 0.15) is 18.5 Å². The minimum absolute atomic E-state index is 0. The molecular formula is C12H17ClF2N2O2. The van der Waals surface area contributed by atoms with Crippen molar-refractivity contribution in [2.24, 2.45) is 0 Å². The van der Waals surface area contributed by atoms with Crippen molar-refractivity contribution in [1.82, 2.24) is 10.6 Å². The molecule has 0 saturated carbocycles. The number of likely N-dealkylation sites (N-methyl/N-ethyl adjacent to an activating group) is 1. The molecule has 0 fully saturated rings. The Morgan fingerprint density at radius 1 is 1.32 bits per heavy atom. The molecule has 1 aromatic carbocycles. The van der Waals surface area contributed by atoms with E-state index in [1.807, 2.05) is 6.92 Å². The number of carbonyl (C=O) groups is 1. The van der Waals surface area contributed by atoms with E-state index in [2.05, 4.69) is 15.4 Å². The Balaban J connectivity index is 0.00000324. The number of nitrogens with one attached hydrogen (secondary N) is 2. The Kier molecular flexibility index (Phi) is 8.02. The minimum Gasteiger partial charge on any atom is -0.435 e. The van der Waals surface area contributed by atoms with Crippen molar-refractivity contribution in [3.05, 3.63) is 29.8 Å². The van der Waals surface area contributed by atoms with E-state index in [9.17, 15) is 13.6 Å². The normalized spacial score (nSPS) is 11.6. The van der Waals surface area contributed by atoms with Crippen LogP contribution in [-0.2, 0) is 4.79 Å². The third-order valence-electron chi connectivity index (χ3n) is 2.32. The number of halogens is 3. The number of benzene rings is 1. The van der Waals surface area contributed by atoms with E-state index in [1.54, 1.807) is 19.2 Å². The van der Waals surface area contributed by atoms with Gasteiger partial charge in [0, 0.05) is 0 Å². The number of hydrogen-bond donors (Lipinski definition) is 2. The summed E-state index contributed by atoms with van der Waals surface area (Å²) in [5, 5.41) is 5.51. The lowest BCUT2D eigenvalue weighted by Crippen LogP contribution is -2.33. The molecule has 1 unspecified atom stereocenters.